The second-order valence-corrected chi connectivity index (χ2v) is 10.3. The van der Waals surface area contributed by atoms with Gasteiger partial charge in [-0.3, -0.25) is 9.78 Å². The lowest BCUT2D eigenvalue weighted by atomic mass is 9.98. The van der Waals surface area contributed by atoms with Gasteiger partial charge in [0.2, 0.25) is 15.9 Å². The summed E-state index contributed by atoms with van der Waals surface area (Å²) in [5, 5.41) is 0.385. The molecule has 0 saturated heterocycles. The van der Waals surface area contributed by atoms with E-state index in [9.17, 15) is 13.2 Å². The first-order valence-electron chi connectivity index (χ1n) is 10.7. The van der Waals surface area contributed by atoms with Crippen molar-refractivity contribution in [1.82, 2.24) is 9.29 Å². The Kier molecular flexibility index (Phi) is 7.89. The van der Waals surface area contributed by atoms with E-state index in [4.69, 9.17) is 17.3 Å². The number of nitrogens with zero attached hydrogens (tertiary/aromatic N) is 2. The molecule has 1 atom stereocenters. The van der Waals surface area contributed by atoms with Gasteiger partial charge in [-0.1, -0.05) is 35.9 Å². The number of benzene rings is 2. The number of sulfonamides is 1. The molecule has 3 rings (SSSR count). The van der Waals surface area contributed by atoms with E-state index in [1.807, 2.05) is 44.2 Å². The number of amides is 1. The lowest BCUT2D eigenvalue weighted by Crippen LogP contribution is -2.35. The van der Waals surface area contributed by atoms with Crippen LogP contribution in [0.2, 0.25) is 5.02 Å². The highest BCUT2D eigenvalue weighted by atomic mass is 35.5. The number of rotatable bonds is 9. The summed E-state index contributed by atoms with van der Waals surface area (Å²) in [6.45, 7) is 5.67. The van der Waals surface area contributed by atoms with Crippen LogP contribution in [0.4, 0.5) is 0 Å². The fraction of sp³-hybridized carbons (Fsp3) is 0.280. The number of primary amides is 1. The van der Waals surface area contributed by atoms with Crippen LogP contribution in [0, 0.1) is 13.8 Å². The number of hydrogen-bond acceptors (Lipinski definition) is 4. The summed E-state index contributed by atoms with van der Waals surface area (Å²) >= 11 is 6.22. The second kappa shape index (κ2) is 10.5. The summed E-state index contributed by atoms with van der Waals surface area (Å²) in [5.74, 6) is -0.464. The van der Waals surface area contributed by atoms with Crippen molar-refractivity contribution in [2.24, 2.45) is 5.73 Å². The number of halogens is 1. The van der Waals surface area contributed by atoms with Gasteiger partial charge < -0.3 is 5.73 Å². The van der Waals surface area contributed by atoms with Crippen molar-refractivity contribution in [3.8, 4) is 11.1 Å². The first kappa shape index (κ1) is 24.9. The average Bonchev–Trinajstić information content (AvgIpc) is 2.78. The summed E-state index contributed by atoms with van der Waals surface area (Å²) in [6, 6.07) is 14.1. The minimum absolute atomic E-state index is 0.101. The molecule has 2 N–H and O–H groups in total. The highest BCUT2D eigenvalue weighted by Gasteiger charge is 2.31. The van der Waals surface area contributed by atoms with Crippen molar-refractivity contribution in [2.75, 3.05) is 6.54 Å². The third-order valence-electron chi connectivity index (χ3n) is 5.74. The molecule has 0 aliphatic rings. The molecule has 0 fully saturated rings. The topological polar surface area (TPSA) is 93.4 Å². The molecule has 8 heteroatoms. The molecule has 174 valence electrons. The molecule has 33 heavy (non-hydrogen) atoms. The zero-order valence-electron chi connectivity index (χ0n) is 19.0. The first-order chi connectivity index (χ1) is 15.6. The van der Waals surface area contributed by atoms with Gasteiger partial charge >= 0.3 is 0 Å². The van der Waals surface area contributed by atoms with Crippen molar-refractivity contribution in [3.05, 3.63) is 82.6 Å². The fourth-order valence-corrected chi connectivity index (χ4v) is 5.99. The third-order valence-corrected chi connectivity index (χ3v) is 8.26. The molecule has 0 spiro atoms. The van der Waals surface area contributed by atoms with E-state index < -0.39 is 22.0 Å². The highest BCUT2D eigenvalue weighted by Crippen LogP contribution is 2.33. The maximum Gasteiger partial charge on any atom is 0.243 e. The van der Waals surface area contributed by atoms with Crippen LogP contribution in [-0.2, 0) is 14.8 Å². The van der Waals surface area contributed by atoms with Crippen LogP contribution < -0.4 is 5.73 Å². The molecule has 2 aromatic carbocycles. The van der Waals surface area contributed by atoms with Gasteiger partial charge in [-0.05, 0) is 79.3 Å². The monoisotopic (exact) mass is 485 g/mol. The van der Waals surface area contributed by atoms with Gasteiger partial charge in [0.15, 0.2) is 0 Å². The van der Waals surface area contributed by atoms with Gasteiger partial charge in [0.1, 0.15) is 0 Å². The molecule has 3 aromatic rings. The van der Waals surface area contributed by atoms with Gasteiger partial charge in [0, 0.05) is 36.4 Å². The first-order valence-corrected chi connectivity index (χ1v) is 12.5. The Balaban J connectivity index is 2.04. The molecule has 1 heterocycles. The summed E-state index contributed by atoms with van der Waals surface area (Å²) < 4.78 is 28.9. The minimum Gasteiger partial charge on any atom is -0.370 e. The van der Waals surface area contributed by atoms with Gasteiger partial charge in [-0.25, -0.2) is 8.42 Å². The SMILES string of the molecule is Cc1cnccc1-c1cccc([C@H](C)N(CCCC(N)=O)S(=O)(=O)c2cccc(Cl)c2C)c1. The highest BCUT2D eigenvalue weighted by molar-refractivity contribution is 7.89. The Morgan fingerprint density at radius 1 is 1.15 bits per heavy atom. The van der Waals surface area contributed by atoms with Gasteiger partial charge in [-0.15, -0.1) is 0 Å². The van der Waals surface area contributed by atoms with Crippen molar-refractivity contribution < 1.29 is 13.2 Å². The summed E-state index contributed by atoms with van der Waals surface area (Å²) in [6.07, 6.45) is 3.96. The van der Waals surface area contributed by atoms with E-state index in [0.717, 1.165) is 22.3 Å². The van der Waals surface area contributed by atoms with Crippen LogP contribution in [0.15, 0.2) is 65.8 Å². The molecule has 0 saturated carbocycles. The van der Waals surface area contributed by atoms with E-state index in [2.05, 4.69) is 4.98 Å². The molecule has 1 amide bonds. The Labute approximate surface area is 200 Å². The van der Waals surface area contributed by atoms with Crippen molar-refractivity contribution in [2.45, 2.75) is 44.6 Å². The number of carbonyl (C=O) groups is 1. The van der Waals surface area contributed by atoms with Crippen LogP contribution in [-0.4, -0.2) is 30.2 Å². The number of hydrogen-bond donors (Lipinski definition) is 1. The lowest BCUT2D eigenvalue weighted by molar-refractivity contribution is -0.118. The molecular weight excluding hydrogens is 458 g/mol. The Morgan fingerprint density at radius 2 is 1.88 bits per heavy atom. The molecule has 0 aliphatic carbocycles. The van der Waals surface area contributed by atoms with E-state index in [1.54, 1.807) is 37.5 Å². The van der Waals surface area contributed by atoms with Crippen molar-refractivity contribution in [3.63, 3.8) is 0 Å². The van der Waals surface area contributed by atoms with Crippen LogP contribution in [0.25, 0.3) is 11.1 Å². The summed E-state index contributed by atoms with van der Waals surface area (Å²) in [5.41, 5.74) is 9.68. The Morgan fingerprint density at radius 3 is 2.58 bits per heavy atom. The summed E-state index contributed by atoms with van der Waals surface area (Å²) in [4.78, 5) is 15.6. The van der Waals surface area contributed by atoms with E-state index in [1.165, 1.54) is 4.31 Å². The predicted molar refractivity (Wildman–Crippen MR) is 131 cm³/mol. The van der Waals surface area contributed by atoms with E-state index in [0.29, 0.717) is 17.0 Å². The van der Waals surface area contributed by atoms with Gasteiger partial charge in [0.25, 0.3) is 0 Å². The minimum atomic E-state index is -3.90. The molecule has 0 bridgehead atoms. The normalized spacial score (nSPS) is 12.6. The summed E-state index contributed by atoms with van der Waals surface area (Å²) in [7, 11) is -3.90. The van der Waals surface area contributed by atoms with Crippen LogP contribution in [0.5, 0.6) is 0 Å². The second-order valence-electron chi connectivity index (χ2n) is 8.04. The van der Waals surface area contributed by atoms with Crippen LogP contribution in [0.3, 0.4) is 0 Å². The average molecular weight is 486 g/mol. The van der Waals surface area contributed by atoms with Gasteiger partial charge in [0.05, 0.1) is 4.90 Å². The zero-order valence-corrected chi connectivity index (χ0v) is 20.5. The van der Waals surface area contributed by atoms with Crippen molar-refractivity contribution in [1.29, 1.82) is 0 Å². The lowest BCUT2D eigenvalue weighted by Gasteiger charge is -2.30. The largest absolute Gasteiger partial charge is 0.370 e. The maximum absolute atomic E-state index is 13.7. The fourth-order valence-electron chi connectivity index (χ4n) is 3.85. The zero-order chi connectivity index (χ0) is 24.2. The molecule has 6 nitrogen and oxygen atoms in total. The molecule has 0 aliphatic heterocycles. The maximum atomic E-state index is 13.7. The number of nitrogens with two attached hydrogens (primary N) is 1. The predicted octanol–water partition coefficient (Wildman–Crippen LogP) is 5.04. The smallest absolute Gasteiger partial charge is 0.243 e. The Bertz CT molecular complexity index is 1260. The number of aryl methyl sites for hydroxylation is 1. The molecule has 1 aromatic heterocycles. The number of pyridine rings is 1. The molecule has 0 radical (unpaired) electrons. The van der Waals surface area contributed by atoms with E-state index in [-0.39, 0.29) is 17.9 Å². The van der Waals surface area contributed by atoms with Crippen LogP contribution >= 0.6 is 11.6 Å². The van der Waals surface area contributed by atoms with Crippen LogP contribution in [0.1, 0.15) is 42.5 Å². The number of aromatic nitrogens is 1. The quantitative estimate of drug-likeness (QED) is 0.459. The van der Waals surface area contributed by atoms with E-state index >= 15 is 0 Å². The Hall–Kier alpha value is -2.74. The molecule has 0 unspecified atom stereocenters. The standard InChI is InChI=1S/C25H28ClN3O3S/c1-17-16-28-13-12-22(17)21-8-4-7-20(15-21)19(3)29(14-6-11-25(27)30)33(31,32)24-10-5-9-23(26)18(24)2/h4-5,7-10,12-13,15-16,19H,6,11,14H2,1-3H3,(H2,27,30)/t19-/m0/s1. The molecular formula is C25H28ClN3O3S. The van der Waals surface area contributed by atoms with Crippen molar-refractivity contribution >= 4 is 27.5 Å². The van der Waals surface area contributed by atoms with Gasteiger partial charge in [-0.2, -0.15) is 4.31 Å². The number of carbonyl (C=O) groups excluding carboxylic acids is 1. The third kappa shape index (κ3) is 5.61.